The van der Waals surface area contributed by atoms with Crippen LogP contribution in [0.3, 0.4) is 0 Å². The average Bonchev–Trinajstić information content (AvgIpc) is 2.72. The molecule has 3 aliphatic rings. The van der Waals surface area contributed by atoms with Crippen molar-refractivity contribution in [1.29, 1.82) is 0 Å². The number of hydrogen-bond donors (Lipinski definition) is 1. The molecule has 4 atom stereocenters. The molecule has 3 aliphatic heterocycles. The Morgan fingerprint density at radius 1 is 1.29 bits per heavy atom. The van der Waals surface area contributed by atoms with Gasteiger partial charge in [0.25, 0.3) is 0 Å². The van der Waals surface area contributed by atoms with E-state index in [9.17, 15) is 8.42 Å². The smallest absolute Gasteiger partial charge is 0.216 e. The first kappa shape index (κ1) is 11.9. The van der Waals surface area contributed by atoms with E-state index in [4.69, 9.17) is 4.74 Å². The van der Waals surface area contributed by atoms with Crippen LogP contribution in [-0.2, 0) is 14.8 Å². The summed E-state index contributed by atoms with van der Waals surface area (Å²) in [6, 6.07) is 0.212. The molecule has 3 rings (SSSR count). The Morgan fingerprint density at radius 3 is 2.59 bits per heavy atom. The van der Waals surface area contributed by atoms with Gasteiger partial charge in [-0.25, -0.2) is 13.1 Å². The van der Waals surface area contributed by atoms with Crippen molar-refractivity contribution in [3.63, 3.8) is 0 Å². The Balaban J connectivity index is 1.81. The van der Waals surface area contributed by atoms with Crippen molar-refractivity contribution in [2.75, 3.05) is 13.1 Å². The number of nitrogens with zero attached hydrogens (tertiary/aromatic N) is 1. The van der Waals surface area contributed by atoms with Gasteiger partial charge in [0.15, 0.2) is 0 Å². The highest BCUT2D eigenvalue weighted by molar-refractivity contribution is 7.90. The maximum absolute atomic E-state index is 12.2. The minimum atomic E-state index is -3.28. The van der Waals surface area contributed by atoms with Gasteiger partial charge in [0.1, 0.15) is 0 Å². The van der Waals surface area contributed by atoms with Crippen LogP contribution < -0.4 is 4.72 Å². The fourth-order valence-electron chi connectivity index (χ4n) is 3.09. The van der Waals surface area contributed by atoms with Crippen molar-refractivity contribution in [1.82, 2.24) is 9.62 Å². The van der Waals surface area contributed by atoms with Crippen molar-refractivity contribution >= 4 is 10.0 Å². The van der Waals surface area contributed by atoms with Gasteiger partial charge in [0, 0.05) is 13.1 Å². The van der Waals surface area contributed by atoms with Crippen LogP contribution in [0.1, 0.15) is 27.2 Å². The average molecular weight is 260 g/mol. The highest BCUT2D eigenvalue weighted by Crippen LogP contribution is 2.40. The molecule has 3 fully saturated rings. The Hall–Kier alpha value is -0.170. The van der Waals surface area contributed by atoms with Gasteiger partial charge in [-0.1, -0.05) is 0 Å². The predicted octanol–water partition coefficient (Wildman–Crippen LogP) is -0.0718. The van der Waals surface area contributed by atoms with E-state index in [0.717, 1.165) is 19.5 Å². The van der Waals surface area contributed by atoms with Crippen LogP contribution in [0.4, 0.5) is 0 Å². The molecule has 0 unspecified atom stereocenters. The zero-order valence-corrected chi connectivity index (χ0v) is 11.3. The van der Waals surface area contributed by atoms with Gasteiger partial charge in [-0.15, -0.1) is 0 Å². The molecule has 0 amide bonds. The molecule has 0 saturated carbocycles. The first-order valence-corrected chi connectivity index (χ1v) is 7.69. The monoisotopic (exact) mass is 260 g/mol. The summed E-state index contributed by atoms with van der Waals surface area (Å²) in [5, 5.41) is 0. The number of ether oxygens (including phenoxy) is 1. The minimum Gasteiger partial charge on any atom is -0.370 e. The van der Waals surface area contributed by atoms with Gasteiger partial charge in [-0.05, 0) is 27.2 Å². The summed E-state index contributed by atoms with van der Waals surface area (Å²) in [5.41, 5.74) is 0. The molecule has 0 spiro atoms. The van der Waals surface area contributed by atoms with Gasteiger partial charge in [0.2, 0.25) is 10.0 Å². The lowest BCUT2D eigenvalue weighted by Crippen LogP contribution is -2.50. The predicted molar refractivity (Wildman–Crippen MR) is 64.2 cm³/mol. The molecule has 0 aliphatic carbocycles. The third kappa shape index (κ3) is 1.65. The lowest BCUT2D eigenvalue weighted by Gasteiger charge is -2.25. The lowest BCUT2D eigenvalue weighted by molar-refractivity contribution is 0.00857. The van der Waals surface area contributed by atoms with Crippen LogP contribution in [0, 0.1) is 0 Å². The molecule has 1 N–H and O–H groups in total. The summed E-state index contributed by atoms with van der Waals surface area (Å²) in [4.78, 5) is 2.36. The lowest BCUT2D eigenvalue weighted by atomic mass is 10.1. The van der Waals surface area contributed by atoms with Gasteiger partial charge in [-0.2, -0.15) is 0 Å². The molecule has 0 aromatic carbocycles. The summed E-state index contributed by atoms with van der Waals surface area (Å²) in [6.07, 6.45) is 1.32. The van der Waals surface area contributed by atoms with E-state index in [2.05, 4.69) is 9.62 Å². The van der Waals surface area contributed by atoms with Crippen LogP contribution in [0.5, 0.6) is 0 Å². The van der Waals surface area contributed by atoms with Crippen LogP contribution in [0.25, 0.3) is 0 Å². The number of rotatable bonds is 2. The molecule has 2 bridgehead atoms. The summed E-state index contributed by atoms with van der Waals surface area (Å²) in [7, 11) is -3.28. The quantitative estimate of drug-likeness (QED) is 0.755. The van der Waals surface area contributed by atoms with Crippen LogP contribution in [0.2, 0.25) is 0 Å². The normalized spacial score (nSPS) is 41.4. The standard InChI is InChI=1S/C11H20N2O3S/c1-11(2,3)17(14,15)12-9-8-6-13-5-4-7(16-8)10(9)13/h7-10,12H,4-6H2,1-3H3/t7-,8+,9-,10+/m0/s1. The Labute approximate surface area is 103 Å². The number of hydrogen-bond acceptors (Lipinski definition) is 4. The number of nitrogens with one attached hydrogen (secondary N) is 1. The summed E-state index contributed by atoms with van der Waals surface area (Å²) >= 11 is 0. The summed E-state index contributed by atoms with van der Waals surface area (Å²) in [6.45, 7) is 7.09. The Kier molecular flexibility index (Phi) is 2.40. The number of morpholine rings is 1. The third-order valence-corrected chi connectivity index (χ3v) is 6.33. The zero-order valence-electron chi connectivity index (χ0n) is 10.5. The second kappa shape index (κ2) is 3.44. The van der Waals surface area contributed by atoms with E-state index in [-0.39, 0.29) is 24.3 Å². The van der Waals surface area contributed by atoms with E-state index in [1.807, 2.05) is 0 Å². The van der Waals surface area contributed by atoms with E-state index in [1.165, 1.54) is 0 Å². The maximum atomic E-state index is 12.2. The molecule has 3 saturated heterocycles. The van der Waals surface area contributed by atoms with Crippen molar-refractivity contribution in [3.8, 4) is 0 Å². The summed E-state index contributed by atoms with van der Waals surface area (Å²) in [5.74, 6) is 0. The fraction of sp³-hybridized carbons (Fsp3) is 1.00. The maximum Gasteiger partial charge on any atom is 0.216 e. The topological polar surface area (TPSA) is 58.6 Å². The molecule has 5 nitrogen and oxygen atoms in total. The molecule has 0 aromatic rings. The van der Waals surface area contributed by atoms with E-state index in [0.29, 0.717) is 0 Å². The van der Waals surface area contributed by atoms with E-state index >= 15 is 0 Å². The Morgan fingerprint density at radius 2 is 2.00 bits per heavy atom. The molecule has 6 heteroatoms. The minimum absolute atomic E-state index is 0.0459. The van der Waals surface area contributed by atoms with Crippen LogP contribution in [-0.4, -0.2) is 55.4 Å². The highest BCUT2D eigenvalue weighted by atomic mass is 32.2. The molecular formula is C11H20N2O3S. The molecule has 98 valence electrons. The van der Waals surface area contributed by atoms with E-state index < -0.39 is 14.8 Å². The fourth-order valence-corrected chi connectivity index (χ4v) is 4.09. The molecule has 17 heavy (non-hydrogen) atoms. The SMILES string of the molecule is CC(C)(C)S(=O)(=O)N[C@@H]1[C@H]2[C@@H]3CCN2C[C@H]1O3. The molecular weight excluding hydrogens is 240 g/mol. The van der Waals surface area contributed by atoms with Gasteiger partial charge >= 0.3 is 0 Å². The second-order valence-electron chi connectivity index (χ2n) is 6.25. The zero-order chi connectivity index (χ0) is 12.4. The molecule has 0 aromatic heterocycles. The number of sulfonamides is 1. The van der Waals surface area contributed by atoms with Gasteiger partial charge in [-0.3, -0.25) is 4.90 Å². The van der Waals surface area contributed by atoms with Crippen molar-refractivity contribution in [2.24, 2.45) is 0 Å². The number of fused-ring (bicyclic) bond motifs is 1. The highest BCUT2D eigenvalue weighted by Gasteiger charge is 2.58. The molecule has 3 heterocycles. The van der Waals surface area contributed by atoms with Crippen molar-refractivity contribution in [3.05, 3.63) is 0 Å². The Bertz CT molecular complexity index is 414. The second-order valence-corrected chi connectivity index (χ2v) is 8.71. The first-order chi connectivity index (χ1) is 7.79. The first-order valence-electron chi connectivity index (χ1n) is 6.21. The largest absolute Gasteiger partial charge is 0.370 e. The van der Waals surface area contributed by atoms with Gasteiger partial charge in [0.05, 0.1) is 29.0 Å². The van der Waals surface area contributed by atoms with Gasteiger partial charge < -0.3 is 4.74 Å². The molecule has 0 radical (unpaired) electrons. The summed E-state index contributed by atoms with van der Waals surface area (Å²) < 4.78 is 32.3. The van der Waals surface area contributed by atoms with Crippen molar-refractivity contribution in [2.45, 2.75) is 56.2 Å². The van der Waals surface area contributed by atoms with Crippen LogP contribution in [0.15, 0.2) is 0 Å². The third-order valence-electron chi connectivity index (χ3n) is 4.13. The van der Waals surface area contributed by atoms with Crippen molar-refractivity contribution < 1.29 is 13.2 Å². The van der Waals surface area contributed by atoms with Crippen LogP contribution >= 0.6 is 0 Å². The van der Waals surface area contributed by atoms with E-state index in [1.54, 1.807) is 20.8 Å².